The van der Waals surface area contributed by atoms with Gasteiger partial charge in [-0.25, -0.2) is 0 Å². The molecule has 1 rings (SSSR count). The molecule has 0 saturated carbocycles. The van der Waals surface area contributed by atoms with Crippen LogP contribution in [0.25, 0.3) is 6.08 Å². The molecule has 1 unspecified atom stereocenters. The molecule has 16 heavy (non-hydrogen) atoms. The second-order valence-electron chi connectivity index (χ2n) is 3.86. The summed E-state index contributed by atoms with van der Waals surface area (Å²) in [6, 6.07) is 8.12. The Hall–Kier alpha value is -1.28. The summed E-state index contributed by atoms with van der Waals surface area (Å²) < 4.78 is 5.91. The van der Waals surface area contributed by atoms with Gasteiger partial charge in [0.1, 0.15) is 5.75 Å². The molecule has 2 heteroatoms. The van der Waals surface area contributed by atoms with Crippen LogP contribution in [0.5, 0.6) is 5.75 Å². The van der Waals surface area contributed by atoms with Crippen LogP contribution in [0.4, 0.5) is 0 Å². The summed E-state index contributed by atoms with van der Waals surface area (Å²) in [5.74, 6) is 0.962. The van der Waals surface area contributed by atoms with Crippen molar-refractivity contribution in [3.63, 3.8) is 0 Å². The van der Waals surface area contributed by atoms with Crippen LogP contribution in [0.2, 0.25) is 0 Å². The van der Waals surface area contributed by atoms with Gasteiger partial charge in [-0.1, -0.05) is 30.4 Å². The van der Waals surface area contributed by atoms with Crippen molar-refractivity contribution in [1.82, 2.24) is 5.32 Å². The highest BCUT2D eigenvalue weighted by atomic mass is 16.5. The average Bonchev–Trinajstić information content (AvgIpc) is 2.29. The van der Waals surface area contributed by atoms with E-state index in [1.807, 2.05) is 38.2 Å². The van der Waals surface area contributed by atoms with E-state index in [0.29, 0.717) is 0 Å². The van der Waals surface area contributed by atoms with Crippen LogP contribution in [0, 0.1) is 0 Å². The monoisotopic (exact) mass is 219 g/mol. The van der Waals surface area contributed by atoms with E-state index in [1.54, 1.807) is 0 Å². The summed E-state index contributed by atoms with van der Waals surface area (Å²) in [6.07, 6.45) is 5.35. The quantitative estimate of drug-likeness (QED) is 0.793. The smallest absolute Gasteiger partial charge is 0.126 e. The average molecular weight is 219 g/mol. The Morgan fingerprint density at radius 3 is 2.81 bits per heavy atom. The van der Waals surface area contributed by atoms with Gasteiger partial charge in [-0.15, -0.1) is 0 Å². The lowest BCUT2D eigenvalue weighted by Gasteiger charge is -2.16. The summed E-state index contributed by atoms with van der Waals surface area (Å²) in [7, 11) is 1.96. The van der Waals surface area contributed by atoms with E-state index in [-0.39, 0.29) is 6.10 Å². The molecular formula is C14H21NO. The van der Waals surface area contributed by atoms with Gasteiger partial charge in [-0.05, 0) is 39.9 Å². The third-order valence-corrected chi connectivity index (χ3v) is 2.39. The molecule has 88 valence electrons. The van der Waals surface area contributed by atoms with Crippen molar-refractivity contribution in [3.05, 3.63) is 35.9 Å². The molecule has 0 amide bonds. The van der Waals surface area contributed by atoms with Crippen LogP contribution in [0.3, 0.4) is 0 Å². The van der Waals surface area contributed by atoms with Crippen molar-refractivity contribution in [1.29, 1.82) is 0 Å². The van der Waals surface area contributed by atoms with Gasteiger partial charge in [-0.2, -0.15) is 0 Å². The maximum atomic E-state index is 5.91. The SMILES string of the molecule is CC=Cc1ccccc1OC(C)CCNC. The largest absolute Gasteiger partial charge is 0.490 e. The first-order valence-electron chi connectivity index (χ1n) is 5.81. The number of hydrogen-bond acceptors (Lipinski definition) is 2. The first kappa shape index (κ1) is 12.8. The maximum absolute atomic E-state index is 5.91. The van der Waals surface area contributed by atoms with Crippen LogP contribution in [-0.4, -0.2) is 19.7 Å². The molecule has 2 nitrogen and oxygen atoms in total. The van der Waals surface area contributed by atoms with Crippen molar-refractivity contribution in [3.8, 4) is 5.75 Å². The zero-order valence-electron chi connectivity index (χ0n) is 10.4. The van der Waals surface area contributed by atoms with Gasteiger partial charge >= 0.3 is 0 Å². The fraction of sp³-hybridized carbons (Fsp3) is 0.429. The molecule has 0 spiro atoms. The summed E-state index contributed by atoms with van der Waals surface area (Å²) in [5.41, 5.74) is 1.14. The number of rotatable bonds is 6. The molecule has 0 aromatic heterocycles. The molecule has 0 aliphatic rings. The van der Waals surface area contributed by atoms with Gasteiger partial charge in [0.05, 0.1) is 6.10 Å². The molecule has 0 aliphatic heterocycles. The van der Waals surface area contributed by atoms with E-state index in [1.165, 1.54) is 0 Å². The molecule has 1 aromatic rings. The van der Waals surface area contributed by atoms with Gasteiger partial charge in [0.15, 0.2) is 0 Å². The third kappa shape index (κ3) is 4.07. The van der Waals surface area contributed by atoms with Crippen molar-refractivity contribution in [2.75, 3.05) is 13.6 Å². The Morgan fingerprint density at radius 1 is 1.38 bits per heavy atom. The number of para-hydroxylation sites is 1. The number of ether oxygens (including phenoxy) is 1. The standard InChI is InChI=1S/C14H21NO/c1-4-7-13-8-5-6-9-14(13)16-12(2)10-11-15-3/h4-9,12,15H,10-11H2,1-3H3. The van der Waals surface area contributed by atoms with Crippen molar-refractivity contribution < 1.29 is 4.74 Å². The molecule has 1 atom stereocenters. The minimum absolute atomic E-state index is 0.235. The van der Waals surface area contributed by atoms with Crippen molar-refractivity contribution in [2.45, 2.75) is 26.4 Å². The summed E-state index contributed by atoms with van der Waals surface area (Å²) in [4.78, 5) is 0. The van der Waals surface area contributed by atoms with Gasteiger partial charge in [0.25, 0.3) is 0 Å². The van der Waals surface area contributed by atoms with Crippen LogP contribution >= 0.6 is 0 Å². The zero-order chi connectivity index (χ0) is 11.8. The van der Waals surface area contributed by atoms with E-state index < -0.39 is 0 Å². The van der Waals surface area contributed by atoms with Crippen molar-refractivity contribution in [2.24, 2.45) is 0 Å². The fourth-order valence-electron chi connectivity index (χ4n) is 1.53. The van der Waals surface area contributed by atoms with Crippen LogP contribution in [0.15, 0.2) is 30.3 Å². The Labute approximate surface area is 98.3 Å². The summed E-state index contributed by atoms with van der Waals surface area (Å²) in [6.45, 7) is 5.10. The molecule has 0 bridgehead atoms. The number of allylic oxidation sites excluding steroid dienone is 1. The molecule has 0 radical (unpaired) electrons. The molecule has 0 aliphatic carbocycles. The van der Waals surface area contributed by atoms with E-state index >= 15 is 0 Å². The highest BCUT2D eigenvalue weighted by Crippen LogP contribution is 2.21. The molecule has 0 fully saturated rings. The first-order chi connectivity index (χ1) is 7.77. The fourth-order valence-corrected chi connectivity index (χ4v) is 1.53. The van der Waals surface area contributed by atoms with Gasteiger partial charge < -0.3 is 10.1 Å². The number of hydrogen-bond donors (Lipinski definition) is 1. The lowest BCUT2D eigenvalue weighted by Crippen LogP contribution is -2.19. The van der Waals surface area contributed by atoms with E-state index in [2.05, 4.69) is 24.4 Å². The van der Waals surface area contributed by atoms with Crippen molar-refractivity contribution >= 4 is 6.08 Å². The topological polar surface area (TPSA) is 21.3 Å². The van der Waals surface area contributed by atoms with Crippen LogP contribution in [0.1, 0.15) is 25.8 Å². The summed E-state index contributed by atoms with van der Waals surface area (Å²) in [5, 5.41) is 3.13. The minimum Gasteiger partial charge on any atom is -0.490 e. The lowest BCUT2D eigenvalue weighted by molar-refractivity contribution is 0.210. The summed E-state index contributed by atoms with van der Waals surface area (Å²) >= 11 is 0. The highest BCUT2D eigenvalue weighted by molar-refractivity contribution is 5.56. The Balaban J connectivity index is 2.64. The predicted octanol–water partition coefficient (Wildman–Crippen LogP) is 3.10. The molecule has 1 N–H and O–H groups in total. The normalized spacial score (nSPS) is 12.9. The third-order valence-electron chi connectivity index (χ3n) is 2.39. The molecule has 1 aromatic carbocycles. The lowest BCUT2D eigenvalue weighted by atomic mass is 10.2. The van der Waals surface area contributed by atoms with Gasteiger partial charge in [0, 0.05) is 5.56 Å². The van der Waals surface area contributed by atoms with Crippen LogP contribution in [-0.2, 0) is 0 Å². The van der Waals surface area contributed by atoms with E-state index in [9.17, 15) is 0 Å². The molecular weight excluding hydrogens is 198 g/mol. The van der Waals surface area contributed by atoms with Crippen LogP contribution < -0.4 is 10.1 Å². The second kappa shape index (κ2) is 7.07. The number of nitrogens with one attached hydrogen (secondary N) is 1. The Kier molecular flexibility index (Phi) is 5.65. The molecule has 0 heterocycles. The first-order valence-corrected chi connectivity index (χ1v) is 5.81. The molecule has 0 saturated heterocycles. The minimum atomic E-state index is 0.235. The highest BCUT2D eigenvalue weighted by Gasteiger charge is 2.05. The Bertz CT molecular complexity index is 333. The maximum Gasteiger partial charge on any atom is 0.126 e. The van der Waals surface area contributed by atoms with E-state index in [0.717, 1.165) is 24.3 Å². The Morgan fingerprint density at radius 2 is 2.12 bits per heavy atom. The zero-order valence-corrected chi connectivity index (χ0v) is 10.4. The van der Waals surface area contributed by atoms with Gasteiger partial charge in [-0.3, -0.25) is 0 Å². The predicted molar refractivity (Wildman–Crippen MR) is 69.8 cm³/mol. The second-order valence-corrected chi connectivity index (χ2v) is 3.86. The van der Waals surface area contributed by atoms with E-state index in [4.69, 9.17) is 4.74 Å². The number of benzene rings is 1. The van der Waals surface area contributed by atoms with Gasteiger partial charge in [0.2, 0.25) is 0 Å².